The molecular weight excluding hydrogens is 350 g/mol. The van der Waals surface area contributed by atoms with E-state index in [1.54, 1.807) is 18.4 Å². The second kappa shape index (κ2) is 10.4. The first-order chi connectivity index (χ1) is 12.6. The van der Waals surface area contributed by atoms with Crippen molar-refractivity contribution in [2.45, 2.75) is 26.9 Å². The fourth-order valence-electron chi connectivity index (χ4n) is 2.14. The van der Waals surface area contributed by atoms with Crippen LogP contribution in [0.3, 0.4) is 0 Å². The van der Waals surface area contributed by atoms with E-state index in [-0.39, 0.29) is 12.5 Å². The molecule has 0 aliphatic rings. The van der Waals surface area contributed by atoms with Gasteiger partial charge in [-0.15, -0.1) is 11.3 Å². The quantitative estimate of drug-likeness (QED) is 0.484. The van der Waals surface area contributed by atoms with Gasteiger partial charge in [-0.25, -0.2) is 9.98 Å². The van der Waals surface area contributed by atoms with Crippen LogP contribution in [0, 0.1) is 6.92 Å². The van der Waals surface area contributed by atoms with Crippen LogP contribution in [-0.2, 0) is 17.9 Å². The van der Waals surface area contributed by atoms with Crippen molar-refractivity contribution in [1.29, 1.82) is 0 Å². The third-order valence-corrected chi connectivity index (χ3v) is 4.36. The summed E-state index contributed by atoms with van der Waals surface area (Å²) < 4.78 is 5.12. The van der Waals surface area contributed by atoms with Gasteiger partial charge in [-0.1, -0.05) is 12.1 Å². The van der Waals surface area contributed by atoms with Crippen LogP contribution in [0.2, 0.25) is 0 Å². The lowest BCUT2D eigenvalue weighted by Crippen LogP contribution is -2.38. The SMILES string of the molecule is CCNC(=NCC(=O)NCc1ccc(OC)cc1)NCc1ncc(C)s1. The van der Waals surface area contributed by atoms with Crippen LogP contribution in [0.1, 0.15) is 22.4 Å². The Morgan fingerprint density at radius 1 is 1.19 bits per heavy atom. The van der Waals surface area contributed by atoms with Crippen molar-refractivity contribution < 1.29 is 9.53 Å². The molecule has 0 bridgehead atoms. The van der Waals surface area contributed by atoms with Gasteiger partial charge in [0.1, 0.15) is 17.3 Å². The number of thiazole rings is 1. The number of carbonyl (C=O) groups excluding carboxylic acids is 1. The Kier molecular flexibility index (Phi) is 7.88. The topological polar surface area (TPSA) is 87.6 Å². The predicted octanol–water partition coefficient (Wildman–Crippen LogP) is 1.83. The Bertz CT molecular complexity index is 727. The molecule has 0 atom stereocenters. The van der Waals surface area contributed by atoms with Crippen molar-refractivity contribution in [3.8, 4) is 5.75 Å². The van der Waals surface area contributed by atoms with Crippen molar-refractivity contribution in [1.82, 2.24) is 20.9 Å². The van der Waals surface area contributed by atoms with E-state index in [2.05, 4.69) is 25.9 Å². The van der Waals surface area contributed by atoms with Gasteiger partial charge >= 0.3 is 0 Å². The van der Waals surface area contributed by atoms with E-state index in [1.807, 2.05) is 44.3 Å². The molecule has 0 radical (unpaired) electrons. The first kappa shape index (κ1) is 19.7. The second-order valence-corrected chi connectivity index (χ2v) is 6.86. The minimum absolute atomic E-state index is 0.0579. The molecule has 1 aromatic carbocycles. The summed E-state index contributed by atoms with van der Waals surface area (Å²) in [4.78, 5) is 21.8. The highest BCUT2D eigenvalue weighted by Crippen LogP contribution is 2.11. The molecule has 140 valence electrons. The average Bonchev–Trinajstić information content (AvgIpc) is 3.08. The molecule has 2 aromatic rings. The van der Waals surface area contributed by atoms with Crippen LogP contribution in [0.15, 0.2) is 35.5 Å². The molecular formula is C18H25N5O2S. The van der Waals surface area contributed by atoms with E-state index in [0.717, 1.165) is 22.9 Å². The zero-order chi connectivity index (χ0) is 18.8. The van der Waals surface area contributed by atoms with Crippen molar-refractivity contribution in [2.75, 3.05) is 20.2 Å². The number of nitrogens with zero attached hydrogens (tertiary/aromatic N) is 2. The van der Waals surface area contributed by atoms with Crippen LogP contribution in [0.4, 0.5) is 0 Å². The van der Waals surface area contributed by atoms with Gasteiger partial charge in [-0.2, -0.15) is 0 Å². The van der Waals surface area contributed by atoms with Gasteiger partial charge in [0.2, 0.25) is 5.91 Å². The Balaban J connectivity index is 1.79. The van der Waals surface area contributed by atoms with Gasteiger partial charge in [0, 0.05) is 24.2 Å². The highest BCUT2D eigenvalue weighted by molar-refractivity contribution is 7.11. The first-order valence-electron chi connectivity index (χ1n) is 8.43. The number of amides is 1. The third-order valence-electron chi connectivity index (χ3n) is 3.45. The molecule has 1 amide bonds. The fraction of sp³-hybridized carbons (Fsp3) is 0.389. The number of aromatic nitrogens is 1. The lowest BCUT2D eigenvalue weighted by Gasteiger charge is -2.10. The summed E-state index contributed by atoms with van der Waals surface area (Å²) in [6, 6.07) is 7.58. The summed E-state index contributed by atoms with van der Waals surface area (Å²) in [6.07, 6.45) is 1.85. The smallest absolute Gasteiger partial charge is 0.242 e. The fourth-order valence-corrected chi connectivity index (χ4v) is 2.86. The molecule has 0 aliphatic heterocycles. The van der Waals surface area contributed by atoms with Crippen LogP contribution < -0.4 is 20.7 Å². The molecule has 0 saturated heterocycles. The molecule has 0 fully saturated rings. The summed E-state index contributed by atoms with van der Waals surface area (Å²) >= 11 is 1.64. The zero-order valence-corrected chi connectivity index (χ0v) is 16.2. The molecule has 1 aromatic heterocycles. The van der Waals surface area contributed by atoms with Crippen molar-refractivity contribution in [3.63, 3.8) is 0 Å². The minimum Gasteiger partial charge on any atom is -0.497 e. The largest absolute Gasteiger partial charge is 0.497 e. The van der Waals surface area contributed by atoms with Gasteiger partial charge in [-0.05, 0) is 31.5 Å². The molecule has 0 unspecified atom stereocenters. The van der Waals surface area contributed by atoms with E-state index < -0.39 is 0 Å². The molecule has 3 N–H and O–H groups in total. The number of benzene rings is 1. The van der Waals surface area contributed by atoms with Crippen LogP contribution in [-0.4, -0.2) is 37.1 Å². The monoisotopic (exact) mass is 375 g/mol. The van der Waals surface area contributed by atoms with Gasteiger partial charge in [0.25, 0.3) is 0 Å². The van der Waals surface area contributed by atoms with Crippen molar-refractivity contribution in [3.05, 3.63) is 45.9 Å². The summed E-state index contributed by atoms with van der Waals surface area (Å²) in [5.74, 6) is 1.25. The maximum atomic E-state index is 12.0. The van der Waals surface area contributed by atoms with Gasteiger partial charge < -0.3 is 20.7 Å². The third kappa shape index (κ3) is 6.72. The van der Waals surface area contributed by atoms with Crippen molar-refractivity contribution in [2.24, 2.45) is 4.99 Å². The first-order valence-corrected chi connectivity index (χ1v) is 9.25. The van der Waals surface area contributed by atoms with Gasteiger partial charge in [-0.3, -0.25) is 4.79 Å². The lowest BCUT2D eigenvalue weighted by atomic mass is 10.2. The molecule has 26 heavy (non-hydrogen) atoms. The van der Waals surface area contributed by atoms with Crippen LogP contribution >= 0.6 is 11.3 Å². The normalized spacial score (nSPS) is 11.1. The van der Waals surface area contributed by atoms with E-state index in [9.17, 15) is 4.79 Å². The van der Waals surface area contributed by atoms with Gasteiger partial charge in [0.05, 0.1) is 13.7 Å². The summed E-state index contributed by atoms with van der Waals surface area (Å²) in [5.41, 5.74) is 1.01. The number of rotatable bonds is 8. The summed E-state index contributed by atoms with van der Waals surface area (Å²) in [7, 11) is 1.63. The average molecular weight is 375 g/mol. The van der Waals surface area contributed by atoms with Crippen LogP contribution in [0.5, 0.6) is 5.75 Å². The zero-order valence-electron chi connectivity index (χ0n) is 15.3. The number of nitrogens with one attached hydrogen (secondary N) is 3. The second-order valence-electron chi connectivity index (χ2n) is 5.54. The molecule has 7 nitrogen and oxygen atoms in total. The van der Waals surface area contributed by atoms with Crippen LogP contribution in [0.25, 0.3) is 0 Å². The van der Waals surface area contributed by atoms with Gasteiger partial charge in [0.15, 0.2) is 5.96 Å². The van der Waals surface area contributed by atoms with E-state index >= 15 is 0 Å². The highest BCUT2D eigenvalue weighted by Gasteiger charge is 2.04. The number of methoxy groups -OCH3 is 1. The Morgan fingerprint density at radius 2 is 1.96 bits per heavy atom. The maximum absolute atomic E-state index is 12.0. The number of hydrogen-bond donors (Lipinski definition) is 3. The molecule has 8 heteroatoms. The number of ether oxygens (including phenoxy) is 1. The number of aryl methyl sites for hydroxylation is 1. The maximum Gasteiger partial charge on any atom is 0.242 e. The molecule has 0 spiro atoms. The number of hydrogen-bond acceptors (Lipinski definition) is 5. The Morgan fingerprint density at radius 3 is 2.58 bits per heavy atom. The summed E-state index contributed by atoms with van der Waals surface area (Å²) in [5, 5.41) is 10.2. The Hall–Kier alpha value is -2.61. The van der Waals surface area contributed by atoms with E-state index in [1.165, 1.54) is 4.88 Å². The number of carbonyl (C=O) groups is 1. The van der Waals surface area contributed by atoms with E-state index in [4.69, 9.17) is 4.74 Å². The lowest BCUT2D eigenvalue weighted by molar-refractivity contribution is -0.119. The Labute approximate surface area is 157 Å². The molecule has 0 aliphatic carbocycles. The summed E-state index contributed by atoms with van der Waals surface area (Å²) in [6.45, 7) is 5.82. The molecule has 2 rings (SSSR count). The minimum atomic E-state index is -0.136. The predicted molar refractivity (Wildman–Crippen MR) is 105 cm³/mol. The highest BCUT2D eigenvalue weighted by atomic mass is 32.1. The standard InChI is InChI=1S/C18H25N5O2S/c1-4-19-18(23-12-17-21-9-13(2)26-17)22-11-16(24)20-10-14-5-7-15(25-3)8-6-14/h5-9H,4,10-12H2,1-3H3,(H,20,24)(H2,19,22,23). The van der Waals surface area contributed by atoms with E-state index in [0.29, 0.717) is 19.0 Å². The number of aliphatic imine (C=N–C) groups is 1. The number of guanidine groups is 1. The molecule has 1 heterocycles. The van der Waals surface area contributed by atoms with Crippen molar-refractivity contribution >= 4 is 23.2 Å². The molecule has 0 saturated carbocycles.